The Morgan fingerprint density at radius 3 is 2.41 bits per heavy atom. The van der Waals surface area contributed by atoms with E-state index in [9.17, 15) is 9.59 Å². The summed E-state index contributed by atoms with van der Waals surface area (Å²) in [5.41, 5.74) is 2.46. The molecule has 1 N–H and O–H groups in total. The molecule has 0 aliphatic carbocycles. The third-order valence-electron chi connectivity index (χ3n) is 4.82. The van der Waals surface area contributed by atoms with Crippen molar-refractivity contribution in [3.05, 3.63) is 40.7 Å². The third kappa shape index (κ3) is 3.67. The largest absolute Gasteiger partial charge is 0.486 e. The Balaban J connectivity index is 1.84. The van der Waals surface area contributed by atoms with Crippen LogP contribution in [0.25, 0.3) is 0 Å². The van der Waals surface area contributed by atoms with Gasteiger partial charge in [0.05, 0.1) is 17.3 Å². The van der Waals surface area contributed by atoms with Gasteiger partial charge in [-0.25, -0.2) is 0 Å². The summed E-state index contributed by atoms with van der Waals surface area (Å²) >= 11 is 0. The Labute approximate surface area is 158 Å². The van der Waals surface area contributed by atoms with E-state index in [1.165, 1.54) is 0 Å². The minimum atomic E-state index is -0.636. The summed E-state index contributed by atoms with van der Waals surface area (Å²) in [7, 11) is 1.75. The van der Waals surface area contributed by atoms with Gasteiger partial charge in [-0.15, -0.1) is 0 Å². The Morgan fingerprint density at radius 2 is 1.81 bits per heavy atom. The summed E-state index contributed by atoms with van der Waals surface area (Å²) in [4.78, 5) is 25.4. The van der Waals surface area contributed by atoms with Crippen molar-refractivity contribution >= 4 is 11.7 Å². The van der Waals surface area contributed by atoms with E-state index < -0.39 is 11.7 Å². The molecule has 0 spiro atoms. The summed E-state index contributed by atoms with van der Waals surface area (Å²) in [6.45, 7) is 8.51. The summed E-state index contributed by atoms with van der Waals surface area (Å²) in [5, 5.41) is 7.10. The smallest absolute Gasteiger partial charge is 0.293 e. The molecule has 27 heavy (non-hydrogen) atoms. The van der Waals surface area contributed by atoms with Gasteiger partial charge in [-0.1, -0.05) is 19.9 Å². The zero-order valence-electron chi connectivity index (χ0n) is 16.3. The SMILES string of the molecule is Cc1nn(C)c(C)c1C(=O)C(=O)NC(c1ccc2c(c1)OCCO2)C(C)C. The fraction of sp³-hybridized carbons (Fsp3) is 0.450. The molecule has 1 aromatic heterocycles. The molecule has 2 heterocycles. The van der Waals surface area contributed by atoms with Crippen LogP contribution in [-0.2, 0) is 11.8 Å². The Morgan fingerprint density at radius 1 is 1.15 bits per heavy atom. The van der Waals surface area contributed by atoms with Crippen LogP contribution in [0.2, 0.25) is 0 Å². The van der Waals surface area contributed by atoms with Crippen molar-refractivity contribution in [2.45, 2.75) is 33.7 Å². The Hall–Kier alpha value is -2.83. The van der Waals surface area contributed by atoms with E-state index in [0.717, 1.165) is 5.56 Å². The van der Waals surface area contributed by atoms with Crippen molar-refractivity contribution in [1.29, 1.82) is 0 Å². The summed E-state index contributed by atoms with van der Waals surface area (Å²) in [6.07, 6.45) is 0. The number of hydrogen-bond donors (Lipinski definition) is 1. The van der Waals surface area contributed by atoms with Crippen molar-refractivity contribution in [3.8, 4) is 11.5 Å². The molecule has 1 atom stereocenters. The highest BCUT2D eigenvalue weighted by Crippen LogP contribution is 2.34. The number of benzene rings is 1. The van der Waals surface area contributed by atoms with Gasteiger partial charge >= 0.3 is 0 Å². The lowest BCUT2D eigenvalue weighted by molar-refractivity contribution is -0.118. The summed E-state index contributed by atoms with van der Waals surface area (Å²) < 4.78 is 12.8. The zero-order chi connectivity index (χ0) is 19.7. The molecule has 0 bridgehead atoms. The number of aromatic nitrogens is 2. The average Bonchev–Trinajstić information content (AvgIpc) is 2.90. The number of carbonyl (C=O) groups is 2. The first-order chi connectivity index (χ1) is 12.8. The van der Waals surface area contributed by atoms with Crippen LogP contribution >= 0.6 is 0 Å². The van der Waals surface area contributed by atoms with Crippen LogP contribution in [0.1, 0.15) is 47.2 Å². The number of carbonyl (C=O) groups excluding carboxylic acids is 2. The van der Waals surface area contributed by atoms with Crippen LogP contribution in [0, 0.1) is 19.8 Å². The zero-order valence-corrected chi connectivity index (χ0v) is 16.3. The van der Waals surface area contributed by atoms with Crippen LogP contribution < -0.4 is 14.8 Å². The number of nitrogens with zero attached hydrogens (tertiary/aromatic N) is 2. The highest BCUT2D eigenvalue weighted by molar-refractivity contribution is 6.43. The van der Waals surface area contributed by atoms with Crippen LogP contribution in [0.15, 0.2) is 18.2 Å². The number of Topliss-reactive ketones (excluding diaryl/α,β-unsaturated/α-hetero) is 1. The summed E-state index contributed by atoms with van der Waals surface area (Å²) in [6, 6.07) is 5.27. The van der Waals surface area contributed by atoms with Gasteiger partial charge in [-0.2, -0.15) is 5.10 Å². The number of hydrogen-bond acceptors (Lipinski definition) is 5. The number of rotatable bonds is 5. The first-order valence-corrected chi connectivity index (χ1v) is 9.04. The highest BCUT2D eigenvalue weighted by Gasteiger charge is 2.28. The van der Waals surface area contributed by atoms with E-state index in [4.69, 9.17) is 9.47 Å². The molecule has 1 amide bonds. The number of fused-ring (bicyclic) bond motifs is 1. The maximum absolute atomic E-state index is 12.7. The van der Waals surface area contributed by atoms with Gasteiger partial charge in [0, 0.05) is 12.7 Å². The van der Waals surface area contributed by atoms with E-state index in [-0.39, 0.29) is 12.0 Å². The minimum absolute atomic E-state index is 0.0837. The van der Waals surface area contributed by atoms with Crippen LogP contribution in [0.5, 0.6) is 11.5 Å². The molecular formula is C20H25N3O4. The first-order valence-electron chi connectivity index (χ1n) is 9.04. The predicted molar refractivity (Wildman–Crippen MR) is 100 cm³/mol. The molecule has 0 saturated heterocycles. The van der Waals surface area contributed by atoms with Crippen molar-refractivity contribution in [2.24, 2.45) is 13.0 Å². The minimum Gasteiger partial charge on any atom is -0.486 e. The number of ketones is 1. The fourth-order valence-electron chi connectivity index (χ4n) is 3.31. The highest BCUT2D eigenvalue weighted by atomic mass is 16.6. The molecule has 3 rings (SSSR count). The molecule has 1 unspecified atom stereocenters. The standard InChI is InChI=1S/C20H25N3O4/c1-11(2)18(14-6-7-15-16(10-14)27-9-8-26-15)21-20(25)19(24)17-12(3)22-23(5)13(17)4/h6-7,10-11,18H,8-9H2,1-5H3,(H,21,25). The fourth-order valence-corrected chi connectivity index (χ4v) is 3.31. The molecule has 0 radical (unpaired) electrons. The van der Waals surface area contributed by atoms with Gasteiger partial charge in [-0.05, 0) is 37.5 Å². The number of nitrogens with one attached hydrogen (secondary N) is 1. The van der Waals surface area contributed by atoms with Crippen LogP contribution in [0.4, 0.5) is 0 Å². The van der Waals surface area contributed by atoms with E-state index in [1.807, 2.05) is 32.0 Å². The van der Waals surface area contributed by atoms with Crippen molar-refractivity contribution in [1.82, 2.24) is 15.1 Å². The van der Waals surface area contributed by atoms with Crippen LogP contribution in [0.3, 0.4) is 0 Å². The quantitative estimate of drug-likeness (QED) is 0.645. The molecule has 1 aliphatic rings. The summed E-state index contributed by atoms with van der Waals surface area (Å²) in [5.74, 6) is 0.227. The molecule has 1 aromatic carbocycles. The monoisotopic (exact) mass is 371 g/mol. The lowest BCUT2D eigenvalue weighted by Crippen LogP contribution is -2.37. The van der Waals surface area contributed by atoms with Crippen molar-refractivity contribution in [2.75, 3.05) is 13.2 Å². The molecule has 7 heteroatoms. The van der Waals surface area contributed by atoms with Gasteiger partial charge in [0.2, 0.25) is 0 Å². The molecule has 1 aliphatic heterocycles. The second-order valence-electron chi connectivity index (χ2n) is 7.10. The van der Waals surface area contributed by atoms with E-state index in [0.29, 0.717) is 41.7 Å². The average molecular weight is 371 g/mol. The van der Waals surface area contributed by atoms with Gasteiger partial charge < -0.3 is 14.8 Å². The molecule has 0 fully saturated rings. The molecular weight excluding hydrogens is 346 g/mol. The van der Waals surface area contributed by atoms with Gasteiger partial charge in [0.15, 0.2) is 11.5 Å². The molecule has 7 nitrogen and oxygen atoms in total. The van der Waals surface area contributed by atoms with Crippen molar-refractivity contribution < 1.29 is 19.1 Å². The molecule has 0 saturated carbocycles. The third-order valence-corrected chi connectivity index (χ3v) is 4.82. The van der Waals surface area contributed by atoms with E-state index in [1.54, 1.807) is 25.6 Å². The predicted octanol–water partition coefficient (Wildman–Crippen LogP) is 2.50. The molecule has 144 valence electrons. The number of aryl methyl sites for hydroxylation is 2. The molecule has 2 aromatic rings. The number of amides is 1. The first kappa shape index (κ1) is 18.9. The second-order valence-corrected chi connectivity index (χ2v) is 7.10. The second kappa shape index (κ2) is 7.42. The number of ether oxygens (including phenoxy) is 2. The van der Waals surface area contributed by atoms with Gasteiger partial charge in [0.1, 0.15) is 13.2 Å². The lowest BCUT2D eigenvalue weighted by Gasteiger charge is -2.25. The van der Waals surface area contributed by atoms with Crippen LogP contribution in [-0.4, -0.2) is 34.7 Å². The normalized spacial score (nSPS) is 14.1. The topological polar surface area (TPSA) is 82.5 Å². The van der Waals surface area contributed by atoms with Gasteiger partial charge in [0.25, 0.3) is 11.7 Å². The maximum Gasteiger partial charge on any atom is 0.293 e. The van der Waals surface area contributed by atoms with E-state index >= 15 is 0 Å². The lowest BCUT2D eigenvalue weighted by atomic mass is 9.95. The van der Waals surface area contributed by atoms with Gasteiger partial charge in [-0.3, -0.25) is 14.3 Å². The van der Waals surface area contributed by atoms with E-state index in [2.05, 4.69) is 10.4 Å². The Bertz CT molecular complexity index is 886. The maximum atomic E-state index is 12.7. The Kier molecular flexibility index (Phi) is 5.21. The van der Waals surface area contributed by atoms with Crippen molar-refractivity contribution in [3.63, 3.8) is 0 Å².